The minimum Gasteiger partial charge on any atom is -0.396 e. The van der Waals surface area contributed by atoms with E-state index >= 15 is 0 Å². The van der Waals surface area contributed by atoms with Crippen molar-refractivity contribution in [2.24, 2.45) is 11.8 Å². The molecule has 0 heterocycles. The van der Waals surface area contributed by atoms with E-state index < -0.39 is 0 Å². The van der Waals surface area contributed by atoms with Crippen LogP contribution >= 0.6 is 0 Å². The molecular weight excluding hydrogens is 245 g/mol. The van der Waals surface area contributed by atoms with E-state index in [-0.39, 0.29) is 30.2 Å². The van der Waals surface area contributed by atoms with Crippen molar-refractivity contribution >= 4 is 5.91 Å². The van der Waals surface area contributed by atoms with Gasteiger partial charge in [-0.3, -0.25) is 4.79 Å². The van der Waals surface area contributed by atoms with E-state index in [9.17, 15) is 9.18 Å². The Balaban J connectivity index is 2.36. The third-order valence-corrected chi connectivity index (χ3v) is 3.19. The monoisotopic (exact) mass is 267 g/mol. The van der Waals surface area contributed by atoms with Crippen LogP contribution in [-0.4, -0.2) is 24.2 Å². The summed E-state index contributed by atoms with van der Waals surface area (Å²) in [6, 6.07) is 6.63. The molecule has 0 saturated carbocycles. The van der Waals surface area contributed by atoms with Gasteiger partial charge in [0, 0.05) is 19.1 Å². The molecule has 0 radical (unpaired) electrons. The van der Waals surface area contributed by atoms with Crippen LogP contribution in [0.5, 0.6) is 0 Å². The minimum atomic E-state index is -0.219. The number of carbonyl (C=O) groups excluding carboxylic acids is 1. The fraction of sp³-hybridized carbons (Fsp3) is 0.533. The van der Waals surface area contributed by atoms with E-state index in [1.54, 1.807) is 18.2 Å². The average molecular weight is 267 g/mol. The summed E-state index contributed by atoms with van der Waals surface area (Å²) in [5, 5.41) is 11.7. The largest absolute Gasteiger partial charge is 0.396 e. The van der Waals surface area contributed by atoms with Crippen molar-refractivity contribution in [1.82, 2.24) is 5.32 Å². The summed E-state index contributed by atoms with van der Waals surface area (Å²) >= 11 is 0. The zero-order valence-corrected chi connectivity index (χ0v) is 11.5. The highest BCUT2D eigenvalue weighted by Crippen LogP contribution is 2.13. The molecular formula is C15H22FNO2. The molecule has 3 nitrogen and oxygen atoms in total. The first-order chi connectivity index (χ1) is 9.04. The molecule has 19 heavy (non-hydrogen) atoms. The fourth-order valence-electron chi connectivity index (χ4n) is 1.72. The van der Waals surface area contributed by atoms with Gasteiger partial charge in [0.05, 0.1) is 0 Å². The van der Waals surface area contributed by atoms with Crippen LogP contribution in [0.15, 0.2) is 24.3 Å². The van der Waals surface area contributed by atoms with Gasteiger partial charge in [-0.15, -0.1) is 0 Å². The van der Waals surface area contributed by atoms with E-state index in [4.69, 9.17) is 5.11 Å². The number of benzene rings is 1. The Morgan fingerprint density at radius 2 is 2.05 bits per heavy atom. The molecule has 106 valence electrons. The molecule has 2 atom stereocenters. The van der Waals surface area contributed by atoms with Gasteiger partial charge >= 0.3 is 0 Å². The van der Waals surface area contributed by atoms with Crippen LogP contribution in [0.1, 0.15) is 25.8 Å². The number of rotatable bonds is 7. The molecule has 0 bridgehead atoms. The number of aliphatic hydroxyl groups is 1. The number of nitrogens with one attached hydrogen (secondary N) is 1. The second-order valence-corrected chi connectivity index (χ2v) is 5.06. The number of hydrogen-bond acceptors (Lipinski definition) is 2. The first-order valence-electron chi connectivity index (χ1n) is 6.66. The van der Waals surface area contributed by atoms with E-state index in [0.717, 1.165) is 0 Å². The average Bonchev–Trinajstić information content (AvgIpc) is 2.43. The standard InChI is InChI=1S/C15H22FNO2/c1-11(10-18)9-17-15(19)12(2)7-8-13-5-3-4-6-14(13)16/h3-6,11-12,18H,7-10H2,1-2H3,(H,17,19). The molecule has 1 rings (SSSR count). The van der Waals surface area contributed by atoms with Gasteiger partial charge in [-0.1, -0.05) is 32.0 Å². The number of aryl methyl sites for hydroxylation is 1. The molecule has 4 heteroatoms. The summed E-state index contributed by atoms with van der Waals surface area (Å²) in [6.45, 7) is 4.23. The Bertz CT molecular complexity index is 409. The van der Waals surface area contributed by atoms with Crippen LogP contribution in [0.4, 0.5) is 4.39 Å². The van der Waals surface area contributed by atoms with Gasteiger partial charge < -0.3 is 10.4 Å². The third-order valence-electron chi connectivity index (χ3n) is 3.19. The number of aliphatic hydroxyl groups excluding tert-OH is 1. The van der Waals surface area contributed by atoms with Gasteiger partial charge in [0.1, 0.15) is 5.82 Å². The molecule has 2 unspecified atom stereocenters. The molecule has 0 fully saturated rings. The summed E-state index contributed by atoms with van der Waals surface area (Å²) in [4.78, 5) is 11.8. The topological polar surface area (TPSA) is 49.3 Å². The zero-order valence-electron chi connectivity index (χ0n) is 11.5. The minimum absolute atomic E-state index is 0.0448. The van der Waals surface area contributed by atoms with Crippen LogP contribution in [0.3, 0.4) is 0 Å². The smallest absolute Gasteiger partial charge is 0.222 e. The summed E-state index contributed by atoms with van der Waals surface area (Å²) < 4.78 is 13.4. The Kier molecular flexibility index (Phi) is 6.50. The summed E-state index contributed by atoms with van der Waals surface area (Å²) in [5.74, 6) is -0.367. The fourth-order valence-corrected chi connectivity index (χ4v) is 1.72. The molecule has 0 aliphatic rings. The predicted molar refractivity (Wildman–Crippen MR) is 73.1 cm³/mol. The second kappa shape index (κ2) is 7.89. The lowest BCUT2D eigenvalue weighted by Gasteiger charge is -2.14. The first-order valence-corrected chi connectivity index (χ1v) is 6.66. The second-order valence-electron chi connectivity index (χ2n) is 5.06. The lowest BCUT2D eigenvalue weighted by atomic mass is 10.00. The van der Waals surface area contributed by atoms with Crippen LogP contribution in [0.25, 0.3) is 0 Å². The van der Waals surface area contributed by atoms with Crippen LogP contribution in [0.2, 0.25) is 0 Å². The van der Waals surface area contributed by atoms with Crippen molar-refractivity contribution in [2.75, 3.05) is 13.2 Å². The van der Waals surface area contributed by atoms with Gasteiger partial charge in [-0.2, -0.15) is 0 Å². The van der Waals surface area contributed by atoms with Crippen molar-refractivity contribution in [3.05, 3.63) is 35.6 Å². The normalized spacial score (nSPS) is 13.9. The van der Waals surface area contributed by atoms with E-state index in [2.05, 4.69) is 5.32 Å². The highest BCUT2D eigenvalue weighted by Gasteiger charge is 2.14. The molecule has 0 saturated heterocycles. The molecule has 0 aliphatic heterocycles. The van der Waals surface area contributed by atoms with Crippen molar-refractivity contribution in [3.63, 3.8) is 0 Å². The number of halogens is 1. The quantitative estimate of drug-likeness (QED) is 0.795. The molecule has 0 aromatic heterocycles. The van der Waals surface area contributed by atoms with Crippen molar-refractivity contribution in [2.45, 2.75) is 26.7 Å². The number of amides is 1. The summed E-state index contributed by atoms with van der Waals surface area (Å²) in [7, 11) is 0. The molecule has 0 spiro atoms. The first kappa shape index (κ1) is 15.6. The van der Waals surface area contributed by atoms with Gasteiger partial charge in [-0.25, -0.2) is 4.39 Å². The SMILES string of the molecule is CC(CO)CNC(=O)C(C)CCc1ccccc1F. The van der Waals surface area contributed by atoms with Crippen LogP contribution < -0.4 is 5.32 Å². The van der Waals surface area contributed by atoms with E-state index in [0.29, 0.717) is 24.9 Å². The maximum absolute atomic E-state index is 13.4. The number of carbonyl (C=O) groups is 1. The molecule has 2 N–H and O–H groups in total. The molecule has 0 aliphatic carbocycles. The van der Waals surface area contributed by atoms with Gasteiger partial charge in [0.15, 0.2) is 0 Å². The summed E-state index contributed by atoms with van der Waals surface area (Å²) in [5.41, 5.74) is 0.644. The van der Waals surface area contributed by atoms with Crippen molar-refractivity contribution in [3.8, 4) is 0 Å². The molecule has 1 amide bonds. The Labute approximate surface area is 113 Å². The zero-order chi connectivity index (χ0) is 14.3. The van der Waals surface area contributed by atoms with Gasteiger partial charge in [0.25, 0.3) is 0 Å². The molecule has 1 aromatic carbocycles. The van der Waals surface area contributed by atoms with Crippen LogP contribution in [-0.2, 0) is 11.2 Å². The highest BCUT2D eigenvalue weighted by atomic mass is 19.1. The predicted octanol–water partition coefficient (Wildman–Crippen LogP) is 2.14. The van der Waals surface area contributed by atoms with E-state index in [1.165, 1.54) is 6.07 Å². The molecule has 1 aromatic rings. The van der Waals surface area contributed by atoms with Crippen molar-refractivity contribution < 1.29 is 14.3 Å². The Morgan fingerprint density at radius 1 is 1.37 bits per heavy atom. The Morgan fingerprint density at radius 3 is 2.68 bits per heavy atom. The lowest BCUT2D eigenvalue weighted by Crippen LogP contribution is -2.33. The number of hydrogen-bond donors (Lipinski definition) is 2. The van der Waals surface area contributed by atoms with E-state index in [1.807, 2.05) is 13.8 Å². The third kappa shape index (κ3) is 5.39. The maximum atomic E-state index is 13.4. The Hall–Kier alpha value is -1.42. The van der Waals surface area contributed by atoms with Gasteiger partial charge in [0.2, 0.25) is 5.91 Å². The van der Waals surface area contributed by atoms with Crippen molar-refractivity contribution in [1.29, 1.82) is 0 Å². The highest BCUT2D eigenvalue weighted by molar-refractivity contribution is 5.78. The lowest BCUT2D eigenvalue weighted by molar-refractivity contribution is -0.124. The van der Waals surface area contributed by atoms with Crippen LogP contribution in [0, 0.1) is 17.7 Å². The maximum Gasteiger partial charge on any atom is 0.222 e. The van der Waals surface area contributed by atoms with Gasteiger partial charge in [-0.05, 0) is 30.4 Å². The summed E-state index contributed by atoms with van der Waals surface area (Å²) in [6.07, 6.45) is 1.16.